The van der Waals surface area contributed by atoms with Gasteiger partial charge in [-0.1, -0.05) is 61.2 Å². The molecule has 0 bridgehead atoms. The minimum atomic E-state index is 0.665. The van der Waals surface area contributed by atoms with E-state index in [1.54, 1.807) is 0 Å². The van der Waals surface area contributed by atoms with E-state index in [4.69, 9.17) is 0 Å². The summed E-state index contributed by atoms with van der Waals surface area (Å²) in [4.78, 5) is 1.38. The van der Waals surface area contributed by atoms with Crippen molar-refractivity contribution in [1.82, 2.24) is 4.31 Å². The summed E-state index contributed by atoms with van der Waals surface area (Å²) in [6, 6.07) is 17.9. The van der Waals surface area contributed by atoms with Gasteiger partial charge in [0.1, 0.15) is 0 Å². The van der Waals surface area contributed by atoms with Gasteiger partial charge in [0.15, 0.2) is 0 Å². The van der Waals surface area contributed by atoms with E-state index in [1.165, 1.54) is 51.1 Å². The predicted octanol–water partition coefficient (Wildman–Crippen LogP) is 7.81. The predicted molar refractivity (Wildman–Crippen MR) is 129 cm³/mol. The molecule has 0 aliphatic carbocycles. The van der Waals surface area contributed by atoms with Crippen LogP contribution in [0.4, 0.5) is 0 Å². The van der Waals surface area contributed by atoms with Crippen LogP contribution in [0.25, 0.3) is 5.57 Å². The summed E-state index contributed by atoms with van der Waals surface area (Å²) < 4.78 is 2.53. The highest BCUT2D eigenvalue weighted by Gasteiger charge is 2.21. The second-order valence-electron chi connectivity index (χ2n) is 7.90. The first-order valence-electron chi connectivity index (χ1n) is 10.6. The Labute approximate surface area is 181 Å². The van der Waals surface area contributed by atoms with Crippen LogP contribution in [0.3, 0.4) is 0 Å². The van der Waals surface area contributed by atoms with Crippen LogP contribution in [-0.2, 0) is 0 Å². The fraction of sp³-hybridized carbons (Fsp3) is 0.333. The monoisotopic (exact) mass is 403 g/mol. The Morgan fingerprint density at radius 2 is 1.69 bits per heavy atom. The van der Waals surface area contributed by atoms with E-state index in [9.17, 15) is 0 Å². The smallest absolute Gasteiger partial charge is 0.0259 e. The Kier molecular flexibility index (Phi) is 7.57. The summed E-state index contributed by atoms with van der Waals surface area (Å²) >= 11 is 1.92. The van der Waals surface area contributed by atoms with Crippen LogP contribution in [0.15, 0.2) is 83.3 Å². The summed E-state index contributed by atoms with van der Waals surface area (Å²) in [5, 5.41) is 0. The second-order valence-corrected chi connectivity index (χ2v) is 9.04. The maximum atomic E-state index is 3.91. The van der Waals surface area contributed by atoms with E-state index >= 15 is 0 Å². The van der Waals surface area contributed by atoms with Crippen molar-refractivity contribution < 1.29 is 0 Å². The molecule has 152 valence electrons. The fourth-order valence-corrected chi connectivity index (χ4v) is 5.00. The molecule has 1 aliphatic rings. The zero-order chi connectivity index (χ0) is 20.8. The van der Waals surface area contributed by atoms with E-state index in [1.807, 2.05) is 18.0 Å². The van der Waals surface area contributed by atoms with Gasteiger partial charge in [-0.15, -0.1) is 0 Å². The van der Waals surface area contributed by atoms with Crippen molar-refractivity contribution in [3.63, 3.8) is 0 Å². The van der Waals surface area contributed by atoms with E-state index in [-0.39, 0.29) is 0 Å². The van der Waals surface area contributed by atoms with Crippen LogP contribution in [0.5, 0.6) is 0 Å². The molecule has 1 aliphatic heterocycles. The maximum Gasteiger partial charge on any atom is 0.0259 e. The van der Waals surface area contributed by atoms with Crippen LogP contribution in [0.1, 0.15) is 56.2 Å². The number of rotatable bonds is 6. The number of hydrogen-bond acceptors (Lipinski definition) is 2. The highest BCUT2D eigenvalue weighted by Crippen LogP contribution is 2.35. The molecular weight excluding hydrogens is 370 g/mol. The molecule has 0 atom stereocenters. The lowest BCUT2D eigenvalue weighted by molar-refractivity contribution is 0.346. The summed E-state index contributed by atoms with van der Waals surface area (Å²) in [6.45, 7) is 14.8. The normalized spacial score (nSPS) is 17.2. The van der Waals surface area contributed by atoms with Crippen LogP contribution in [0, 0.1) is 6.92 Å². The van der Waals surface area contributed by atoms with E-state index in [0.29, 0.717) is 5.92 Å². The molecule has 1 heterocycles. The van der Waals surface area contributed by atoms with Gasteiger partial charge in [-0.05, 0) is 97.9 Å². The Balaban J connectivity index is 1.63. The molecule has 3 rings (SSSR count). The van der Waals surface area contributed by atoms with Crippen molar-refractivity contribution in [2.24, 2.45) is 0 Å². The maximum absolute atomic E-state index is 3.91. The second kappa shape index (κ2) is 10.1. The van der Waals surface area contributed by atoms with Gasteiger partial charge >= 0.3 is 0 Å². The molecule has 1 fully saturated rings. The topological polar surface area (TPSA) is 3.24 Å². The molecule has 29 heavy (non-hydrogen) atoms. The number of nitrogens with zero attached hydrogens (tertiary/aromatic N) is 1. The van der Waals surface area contributed by atoms with E-state index in [0.717, 1.165) is 13.1 Å². The zero-order valence-electron chi connectivity index (χ0n) is 18.2. The Bertz CT molecular complexity index is 896. The molecule has 1 saturated heterocycles. The summed E-state index contributed by atoms with van der Waals surface area (Å²) in [5.41, 5.74) is 7.98. The fourth-order valence-electron chi connectivity index (χ4n) is 3.98. The van der Waals surface area contributed by atoms with Gasteiger partial charge < -0.3 is 0 Å². The van der Waals surface area contributed by atoms with E-state index < -0.39 is 0 Å². The largest absolute Gasteiger partial charge is 0.246 e. The van der Waals surface area contributed by atoms with E-state index in [2.05, 4.69) is 93.2 Å². The number of benzene rings is 2. The number of piperidine rings is 1. The average Bonchev–Trinajstić information content (AvgIpc) is 2.76. The summed E-state index contributed by atoms with van der Waals surface area (Å²) in [7, 11) is 0. The molecule has 2 heteroatoms. The summed E-state index contributed by atoms with van der Waals surface area (Å²) in [5.74, 6) is 0.665. The highest BCUT2D eigenvalue weighted by molar-refractivity contribution is 7.97. The van der Waals surface area contributed by atoms with Crippen LogP contribution < -0.4 is 0 Å². The first kappa shape index (κ1) is 21.7. The van der Waals surface area contributed by atoms with Crippen LogP contribution in [-0.4, -0.2) is 17.4 Å². The van der Waals surface area contributed by atoms with Gasteiger partial charge in [-0.25, -0.2) is 4.31 Å². The van der Waals surface area contributed by atoms with Crippen LogP contribution in [0.2, 0.25) is 0 Å². The Hall–Kier alpha value is -2.03. The lowest BCUT2D eigenvalue weighted by Gasteiger charge is -2.31. The van der Waals surface area contributed by atoms with Gasteiger partial charge in [0, 0.05) is 18.0 Å². The molecule has 2 aromatic carbocycles. The average molecular weight is 404 g/mol. The lowest BCUT2D eigenvalue weighted by atomic mass is 9.88. The molecule has 0 aromatic heterocycles. The van der Waals surface area contributed by atoms with Crippen molar-refractivity contribution in [3.8, 4) is 0 Å². The van der Waals surface area contributed by atoms with Crippen molar-refractivity contribution in [1.29, 1.82) is 0 Å². The number of hydrogen-bond donors (Lipinski definition) is 0. The number of aryl methyl sites for hydroxylation is 1. The molecule has 0 radical (unpaired) electrons. The molecular formula is C27H33NS. The zero-order valence-corrected chi connectivity index (χ0v) is 19.1. The Morgan fingerprint density at radius 1 is 1.03 bits per heavy atom. The lowest BCUT2D eigenvalue weighted by Crippen LogP contribution is -2.27. The third-order valence-electron chi connectivity index (χ3n) is 6.06. The van der Waals surface area contributed by atoms with Crippen molar-refractivity contribution in [2.75, 3.05) is 13.1 Å². The quantitative estimate of drug-likeness (QED) is 0.357. The SMILES string of the molecule is C=C/C(C)=C(C)\C(=C/C)c1ccc(C2CCN(Sc3ccccc3C)CC2)cc1. The number of allylic oxidation sites excluding steroid dienone is 5. The highest BCUT2D eigenvalue weighted by atomic mass is 32.2. The molecule has 0 amide bonds. The first-order chi connectivity index (χ1) is 14.0. The molecule has 0 unspecified atom stereocenters. The molecule has 0 saturated carbocycles. The third-order valence-corrected chi connectivity index (χ3v) is 7.34. The molecule has 0 N–H and O–H groups in total. The molecule has 0 spiro atoms. The van der Waals surface area contributed by atoms with Gasteiger partial charge in [-0.2, -0.15) is 0 Å². The molecule has 2 aromatic rings. The van der Waals surface area contributed by atoms with Crippen molar-refractivity contribution in [2.45, 2.75) is 51.3 Å². The van der Waals surface area contributed by atoms with Gasteiger partial charge in [0.05, 0.1) is 0 Å². The third kappa shape index (κ3) is 5.32. The minimum Gasteiger partial charge on any atom is -0.246 e. The molecule has 1 nitrogen and oxygen atoms in total. The minimum absolute atomic E-state index is 0.665. The van der Waals surface area contributed by atoms with Gasteiger partial charge in [0.2, 0.25) is 0 Å². The first-order valence-corrected chi connectivity index (χ1v) is 11.4. The Morgan fingerprint density at radius 3 is 2.28 bits per heavy atom. The van der Waals surface area contributed by atoms with Gasteiger partial charge in [0.25, 0.3) is 0 Å². The van der Waals surface area contributed by atoms with Gasteiger partial charge in [-0.3, -0.25) is 0 Å². The van der Waals surface area contributed by atoms with Crippen LogP contribution >= 0.6 is 11.9 Å². The van der Waals surface area contributed by atoms with Crippen molar-refractivity contribution >= 4 is 17.5 Å². The standard InChI is InChI=1S/C27H33NS/c1-6-20(3)22(5)26(7-2)25-14-12-23(13-15-25)24-16-18-28(19-17-24)29-27-11-9-8-10-21(27)4/h6-15,24H,1,16-19H2,2-5H3/b22-20-,26-7+. The summed E-state index contributed by atoms with van der Waals surface area (Å²) in [6.07, 6.45) is 6.60. The van der Waals surface area contributed by atoms with Crippen molar-refractivity contribution in [3.05, 3.63) is 95.1 Å².